The number of ether oxygens (including phenoxy) is 3. The van der Waals surface area contributed by atoms with Crippen molar-refractivity contribution in [3.63, 3.8) is 0 Å². The van der Waals surface area contributed by atoms with E-state index in [4.69, 9.17) is 14.2 Å². The second-order valence-electron chi connectivity index (χ2n) is 8.64. The predicted octanol–water partition coefficient (Wildman–Crippen LogP) is 8.62. The molecule has 0 saturated heterocycles. The van der Waals surface area contributed by atoms with Crippen LogP contribution in [-0.4, -0.2) is 5.11 Å². The lowest BCUT2D eigenvalue weighted by Gasteiger charge is -2.20. The molecule has 174 valence electrons. The van der Waals surface area contributed by atoms with Gasteiger partial charge in [-0.1, -0.05) is 36.4 Å². The Kier molecular flexibility index (Phi) is 6.51. The molecular formula is C30H30O4. The number of phenolic OH excluding ortho intramolecular Hbond substituents is 1. The minimum absolute atomic E-state index is 0.0328. The molecule has 4 nitrogen and oxygen atoms in total. The summed E-state index contributed by atoms with van der Waals surface area (Å²) in [5, 5.41) is 10.8. The topological polar surface area (TPSA) is 47.9 Å². The Morgan fingerprint density at radius 2 is 0.853 bits per heavy atom. The summed E-state index contributed by atoms with van der Waals surface area (Å²) in [6, 6.07) is 20.9. The number of rotatable bonds is 6. The lowest BCUT2D eigenvalue weighted by molar-refractivity contribution is 0.360. The van der Waals surface area contributed by atoms with E-state index in [9.17, 15) is 5.11 Å². The highest BCUT2D eigenvalue weighted by Crippen LogP contribution is 2.50. The van der Waals surface area contributed by atoms with Crippen molar-refractivity contribution in [1.29, 1.82) is 0 Å². The third-order valence-corrected chi connectivity index (χ3v) is 6.36. The van der Waals surface area contributed by atoms with Crippen LogP contribution in [0.1, 0.15) is 33.4 Å². The zero-order valence-corrected chi connectivity index (χ0v) is 20.5. The van der Waals surface area contributed by atoms with Gasteiger partial charge in [0.2, 0.25) is 11.5 Å². The summed E-state index contributed by atoms with van der Waals surface area (Å²) in [5.41, 5.74) is 6.34. The first kappa shape index (κ1) is 23.2. The van der Waals surface area contributed by atoms with E-state index in [-0.39, 0.29) is 11.5 Å². The second-order valence-corrected chi connectivity index (χ2v) is 8.64. The number of hydrogen-bond acceptors (Lipinski definition) is 4. The fourth-order valence-electron chi connectivity index (χ4n) is 3.65. The summed E-state index contributed by atoms with van der Waals surface area (Å²) < 4.78 is 19.0. The second kappa shape index (κ2) is 9.52. The van der Waals surface area contributed by atoms with Crippen molar-refractivity contribution >= 4 is 0 Å². The first-order chi connectivity index (χ1) is 16.3. The van der Waals surface area contributed by atoms with Crippen molar-refractivity contribution in [1.82, 2.24) is 0 Å². The van der Waals surface area contributed by atoms with Crippen LogP contribution >= 0.6 is 0 Å². The number of aryl methyl sites for hydroxylation is 3. The van der Waals surface area contributed by atoms with Crippen LogP contribution in [0.4, 0.5) is 0 Å². The van der Waals surface area contributed by atoms with Crippen LogP contribution in [0.5, 0.6) is 40.2 Å². The van der Waals surface area contributed by atoms with Gasteiger partial charge in [-0.25, -0.2) is 0 Å². The third-order valence-electron chi connectivity index (χ3n) is 6.36. The molecule has 4 rings (SSSR count). The van der Waals surface area contributed by atoms with Crippen LogP contribution in [0.2, 0.25) is 0 Å². The van der Waals surface area contributed by atoms with Gasteiger partial charge in [0.15, 0.2) is 11.5 Å². The normalized spacial score (nSPS) is 10.8. The molecule has 0 atom stereocenters. The molecule has 0 bridgehead atoms. The average Bonchev–Trinajstić information content (AvgIpc) is 2.81. The molecule has 4 aromatic carbocycles. The van der Waals surface area contributed by atoms with E-state index in [0.29, 0.717) is 28.7 Å². The Morgan fingerprint density at radius 3 is 1.32 bits per heavy atom. The summed E-state index contributed by atoms with van der Waals surface area (Å²) in [4.78, 5) is 0. The molecule has 34 heavy (non-hydrogen) atoms. The summed E-state index contributed by atoms with van der Waals surface area (Å²) >= 11 is 0. The van der Waals surface area contributed by atoms with Gasteiger partial charge >= 0.3 is 0 Å². The van der Waals surface area contributed by atoms with Gasteiger partial charge < -0.3 is 19.3 Å². The highest BCUT2D eigenvalue weighted by atomic mass is 16.5. The van der Waals surface area contributed by atoms with Gasteiger partial charge in [0.05, 0.1) is 0 Å². The van der Waals surface area contributed by atoms with Gasteiger partial charge in [-0.3, -0.25) is 0 Å². The van der Waals surface area contributed by atoms with E-state index in [1.165, 1.54) is 0 Å². The van der Waals surface area contributed by atoms with Crippen molar-refractivity contribution in [2.45, 2.75) is 41.5 Å². The molecule has 0 spiro atoms. The molecular weight excluding hydrogens is 424 g/mol. The fraction of sp³-hybridized carbons (Fsp3) is 0.200. The summed E-state index contributed by atoms with van der Waals surface area (Å²) in [6.45, 7) is 12.1. The lowest BCUT2D eigenvalue weighted by Crippen LogP contribution is -1.98. The molecule has 4 aromatic rings. The maximum absolute atomic E-state index is 10.8. The molecule has 0 saturated carbocycles. The van der Waals surface area contributed by atoms with Gasteiger partial charge in [0, 0.05) is 0 Å². The van der Waals surface area contributed by atoms with Crippen LogP contribution in [-0.2, 0) is 0 Å². The minimum Gasteiger partial charge on any atom is -0.504 e. The largest absolute Gasteiger partial charge is 0.504 e. The van der Waals surface area contributed by atoms with Gasteiger partial charge in [0.1, 0.15) is 17.2 Å². The molecule has 4 heteroatoms. The summed E-state index contributed by atoms with van der Waals surface area (Å²) in [5.74, 6) is 2.97. The van der Waals surface area contributed by atoms with Crippen LogP contribution in [0.15, 0.2) is 66.7 Å². The molecule has 0 fully saturated rings. The van der Waals surface area contributed by atoms with Crippen molar-refractivity contribution < 1.29 is 19.3 Å². The zero-order valence-electron chi connectivity index (χ0n) is 20.5. The van der Waals surface area contributed by atoms with Crippen molar-refractivity contribution in [2.75, 3.05) is 0 Å². The standard InChI is InChI=1S/C30H30O4/c1-18-10-7-13-25(21(18)4)32-28-17-16-24(31)29(33-26-14-8-11-19(2)22(26)5)30(28)34-27-15-9-12-20(3)23(27)6/h7-17,31H,1-6H3. The molecule has 0 aliphatic rings. The number of aromatic hydroxyl groups is 1. The average molecular weight is 455 g/mol. The fourth-order valence-corrected chi connectivity index (χ4v) is 3.65. The van der Waals surface area contributed by atoms with E-state index >= 15 is 0 Å². The maximum Gasteiger partial charge on any atom is 0.216 e. The Morgan fingerprint density at radius 1 is 0.441 bits per heavy atom. The Bertz CT molecular complexity index is 1350. The molecule has 0 heterocycles. The molecule has 0 aliphatic heterocycles. The predicted molar refractivity (Wildman–Crippen MR) is 136 cm³/mol. The van der Waals surface area contributed by atoms with Crippen molar-refractivity contribution in [3.05, 3.63) is 100 Å². The van der Waals surface area contributed by atoms with Crippen LogP contribution in [0.25, 0.3) is 0 Å². The number of hydrogen-bond donors (Lipinski definition) is 1. The lowest BCUT2D eigenvalue weighted by atomic mass is 10.1. The van der Waals surface area contributed by atoms with Crippen LogP contribution in [0.3, 0.4) is 0 Å². The van der Waals surface area contributed by atoms with Gasteiger partial charge in [0.25, 0.3) is 0 Å². The first-order valence-electron chi connectivity index (χ1n) is 11.3. The molecule has 0 amide bonds. The number of phenols is 1. The van der Waals surface area contributed by atoms with E-state index < -0.39 is 0 Å². The van der Waals surface area contributed by atoms with Crippen LogP contribution < -0.4 is 14.2 Å². The Balaban J connectivity index is 1.87. The molecule has 0 aromatic heterocycles. The SMILES string of the molecule is Cc1cccc(Oc2ccc(O)c(Oc3cccc(C)c3C)c2Oc2cccc(C)c2C)c1C. The van der Waals surface area contributed by atoms with Crippen molar-refractivity contribution in [2.24, 2.45) is 0 Å². The smallest absolute Gasteiger partial charge is 0.216 e. The van der Waals surface area contributed by atoms with Crippen LogP contribution in [0, 0.1) is 41.5 Å². The van der Waals surface area contributed by atoms with E-state index in [1.54, 1.807) is 12.1 Å². The highest BCUT2D eigenvalue weighted by molar-refractivity contribution is 5.63. The Hall–Kier alpha value is -3.92. The molecule has 0 aliphatic carbocycles. The van der Waals surface area contributed by atoms with E-state index in [0.717, 1.165) is 33.4 Å². The quantitative estimate of drug-likeness (QED) is 0.317. The monoisotopic (exact) mass is 454 g/mol. The van der Waals surface area contributed by atoms with Gasteiger partial charge in [-0.05, 0) is 105 Å². The molecule has 0 unspecified atom stereocenters. The van der Waals surface area contributed by atoms with Gasteiger partial charge in [-0.15, -0.1) is 0 Å². The highest BCUT2D eigenvalue weighted by Gasteiger charge is 2.22. The van der Waals surface area contributed by atoms with E-state index in [2.05, 4.69) is 0 Å². The molecule has 0 radical (unpaired) electrons. The Labute approximate surface area is 201 Å². The summed E-state index contributed by atoms with van der Waals surface area (Å²) in [6.07, 6.45) is 0. The number of benzene rings is 4. The maximum atomic E-state index is 10.8. The summed E-state index contributed by atoms with van der Waals surface area (Å²) in [7, 11) is 0. The van der Waals surface area contributed by atoms with E-state index in [1.807, 2.05) is 96.1 Å². The third kappa shape index (κ3) is 4.58. The zero-order chi connectivity index (χ0) is 24.4. The van der Waals surface area contributed by atoms with Gasteiger partial charge in [-0.2, -0.15) is 0 Å². The minimum atomic E-state index is -0.0328. The first-order valence-corrected chi connectivity index (χ1v) is 11.3. The molecule has 1 N–H and O–H groups in total. The van der Waals surface area contributed by atoms with Crippen molar-refractivity contribution in [3.8, 4) is 40.2 Å².